The average molecular weight is 285 g/mol. The first kappa shape index (κ1) is 17.2. The number of hydrogen-bond donors (Lipinski definition) is 5. The molecule has 0 aliphatic heterocycles. The molecule has 6 N–H and O–H groups in total. The number of aromatic nitrogens is 1. The van der Waals surface area contributed by atoms with E-state index in [1.165, 1.54) is 0 Å². The highest BCUT2D eigenvalue weighted by molar-refractivity contribution is 6.30. The highest BCUT2D eigenvalue weighted by atomic mass is 35.5. The predicted molar refractivity (Wildman–Crippen MR) is 75.4 cm³/mol. The smallest absolute Gasteiger partial charge is 0.507 e. The number of nitrogens with two attached hydrogens (primary N) is 1. The van der Waals surface area contributed by atoms with Gasteiger partial charge in [-0.15, -0.1) is 12.4 Å². The minimum absolute atomic E-state index is 0. The number of anilines is 1. The number of pyridine rings is 1. The maximum absolute atomic E-state index is 9.64. The lowest BCUT2D eigenvalue weighted by atomic mass is 10.0. The third-order valence-corrected chi connectivity index (χ3v) is 2.04. The fourth-order valence-corrected chi connectivity index (χ4v) is 1.39. The number of aromatic hydroxyl groups is 1. The summed E-state index contributed by atoms with van der Waals surface area (Å²) in [4.78, 5) is 3.91. The van der Waals surface area contributed by atoms with Crippen LogP contribution in [0.1, 0.15) is 0 Å². The van der Waals surface area contributed by atoms with Crippen LogP contribution < -0.4 is 5.73 Å². The molecule has 0 aliphatic rings. The van der Waals surface area contributed by atoms with E-state index < -0.39 is 7.32 Å². The molecule has 2 aromatic rings. The minimum atomic E-state index is -2.17. The van der Waals surface area contributed by atoms with Gasteiger partial charge in [0.2, 0.25) is 0 Å². The van der Waals surface area contributed by atoms with Crippen molar-refractivity contribution in [3.8, 4) is 16.9 Å². The molecule has 0 atom stereocenters. The Hall–Kier alpha value is -1.80. The number of benzene rings is 1. The summed E-state index contributed by atoms with van der Waals surface area (Å²) in [5, 5.41) is 31.1. The monoisotopic (exact) mass is 284 g/mol. The fourth-order valence-electron chi connectivity index (χ4n) is 1.39. The number of phenolic OH excluding ortho intramolecular Hbond substituents is 1. The Labute approximate surface area is 116 Å². The van der Waals surface area contributed by atoms with Crippen molar-refractivity contribution in [1.29, 1.82) is 0 Å². The number of phenols is 1. The van der Waals surface area contributed by atoms with Gasteiger partial charge in [0.1, 0.15) is 5.75 Å². The van der Waals surface area contributed by atoms with Crippen LogP contribution in [0.15, 0.2) is 42.7 Å². The van der Waals surface area contributed by atoms with E-state index in [2.05, 4.69) is 4.98 Å². The van der Waals surface area contributed by atoms with Crippen LogP contribution in [-0.4, -0.2) is 32.5 Å². The largest absolute Gasteiger partial charge is 0.631 e. The number of nitrogen functional groups attached to an aromatic ring is 1. The molecule has 0 saturated heterocycles. The van der Waals surface area contributed by atoms with E-state index in [4.69, 9.17) is 20.8 Å². The van der Waals surface area contributed by atoms with Gasteiger partial charge in [-0.2, -0.15) is 0 Å². The number of nitrogens with zero attached hydrogens (tertiary/aromatic N) is 1. The highest BCUT2D eigenvalue weighted by Crippen LogP contribution is 2.33. The number of rotatable bonds is 1. The maximum Gasteiger partial charge on any atom is 0.631 e. The molecule has 0 spiro atoms. The van der Waals surface area contributed by atoms with Crippen LogP contribution in [0.4, 0.5) is 5.69 Å². The van der Waals surface area contributed by atoms with E-state index in [0.717, 1.165) is 5.56 Å². The molecule has 0 bridgehead atoms. The predicted octanol–water partition coefficient (Wildman–Crippen LogP) is 0.406. The highest BCUT2D eigenvalue weighted by Gasteiger charge is 2.06. The zero-order chi connectivity index (χ0) is 13.5. The Morgan fingerprint density at radius 1 is 1.00 bits per heavy atom. The lowest BCUT2D eigenvalue weighted by molar-refractivity contribution is 0.278. The third kappa shape index (κ3) is 5.58. The third-order valence-electron chi connectivity index (χ3n) is 2.04. The summed E-state index contributed by atoms with van der Waals surface area (Å²) in [7, 11) is -2.17. The lowest BCUT2D eigenvalue weighted by Gasteiger charge is -2.07. The molecule has 102 valence electrons. The molecule has 19 heavy (non-hydrogen) atoms. The number of halogens is 1. The molecule has 0 saturated carbocycles. The van der Waals surface area contributed by atoms with Crippen molar-refractivity contribution in [2.45, 2.75) is 0 Å². The second-order valence-electron chi connectivity index (χ2n) is 3.32. The second-order valence-corrected chi connectivity index (χ2v) is 3.32. The summed E-state index contributed by atoms with van der Waals surface area (Å²) >= 11 is 0. The zero-order valence-electron chi connectivity index (χ0n) is 9.84. The van der Waals surface area contributed by atoms with E-state index in [1.54, 1.807) is 30.6 Å². The van der Waals surface area contributed by atoms with Crippen molar-refractivity contribution in [2.24, 2.45) is 0 Å². The van der Waals surface area contributed by atoms with Gasteiger partial charge in [0.25, 0.3) is 0 Å². The van der Waals surface area contributed by atoms with Crippen LogP contribution in [-0.2, 0) is 0 Å². The Morgan fingerprint density at radius 2 is 1.53 bits per heavy atom. The molecule has 6 nitrogen and oxygen atoms in total. The van der Waals surface area contributed by atoms with Crippen LogP contribution in [0, 0.1) is 0 Å². The van der Waals surface area contributed by atoms with Crippen LogP contribution >= 0.6 is 12.4 Å². The van der Waals surface area contributed by atoms with Gasteiger partial charge in [0, 0.05) is 23.6 Å². The Bertz CT molecular complexity index is 476. The van der Waals surface area contributed by atoms with E-state index in [-0.39, 0.29) is 18.2 Å². The number of hydrogen-bond acceptors (Lipinski definition) is 6. The van der Waals surface area contributed by atoms with Gasteiger partial charge in [-0.3, -0.25) is 4.98 Å². The summed E-state index contributed by atoms with van der Waals surface area (Å²) in [5.41, 5.74) is 7.87. The molecule has 0 amide bonds. The first-order valence-electron chi connectivity index (χ1n) is 5.04. The summed E-state index contributed by atoms with van der Waals surface area (Å²) in [5.74, 6) is 0.191. The Morgan fingerprint density at radius 3 is 2.00 bits per heavy atom. The molecule has 1 heterocycles. The van der Waals surface area contributed by atoms with Crippen molar-refractivity contribution >= 4 is 25.4 Å². The lowest BCUT2D eigenvalue weighted by Crippen LogP contribution is -2.07. The summed E-state index contributed by atoms with van der Waals surface area (Å²) in [6.45, 7) is 0. The molecule has 8 heteroatoms. The van der Waals surface area contributed by atoms with Crippen LogP contribution in [0.25, 0.3) is 11.1 Å². The molecule has 1 aromatic carbocycles. The van der Waals surface area contributed by atoms with Gasteiger partial charge >= 0.3 is 7.32 Å². The maximum atomic E-state index is 9.64. The van der Waals surface area contributed by atoms with E-state index >= 15 is 0 Å². The van der Waals surface area contributed by atoms with E-state index in [9.17, 15) is 5.11 Å². The van der Waals surface area contributed by atoms with Crippen molar-refractivity contribution in [3.63, 3.8) is 0 Å². The average Bonchev–Trinajstić information content (AvgIpc) is 2.29. The topological polar surface area (TPSA) is 120 Å². The zero-order valence-corrected chi connectivity index (χ0v) is 10.7. The minimum Gasteiger partial charge on any atom is -0.507 e. The Kier molecular flexibility index (Phi) is 7.54. The van der Waals surface area contributed by atoms with Gasteiger partial charge in [0.05, 0.1) is 0 Å². The first-order valence-corrected chi connectivity index (χ1v) is 5.04. The molecule has 0 aliphatic carbocycles. The molecule has 0 radical (unpaired) electrons. The van der Waals surface area contributed by atoms with Crippen molar-refractivity contribution < 1.29 is 20.2 Å². The summed E-state index contributed by atoms with van der Waals surface area (Å²) in [6.07, 6.45) is 3.34. The molecular formula is C11H14BClN2O4. The van der Waals surface area contributed by atoms with Crippen molar-refractivity contribution in [1.82, 2.24) is 4.98 Å². The van der Waals surface area contributed by atoms with Crippen molar-refractivity contribution in [2.75, 3.05) is 5.73 Å². The SMILES string of the molecule is Cl.Nc1cccc(O)c1-c1ccncc1.OB(O)O. The van der Waals surface area contributed by atoms with Crippen LogP contribution in [0.2, 0.25) is 0 Å². The van der Waals surface area contributed by atoms with E-state index in [0.29, 0.717) is 11.3 Å². The van der Waals surface area contributed by atoms with Crippen LogP contribution in [0.5, 0.6) is 5.75 Å². The fraction of sp³-hybridized carbons (Fsp3) is 0. The van der Waals surface area contributed by atoms with Crippen molar-refractivity contribution in [3.05, 3.63) is 42.7 Å². The van der Waals surface area contributed by atoms with E-state index in [1.807, 2.05) is 12.1 Å². The summed E-state index contributed by atoms with van der Waals surface area (Å²) in [6, 6.07) is 8.72. The second kappa shape index (κ2) is 8.33. The van der Waals surface area contributed by atoms with Gasteiger partial charge in [-0.1, -0.05) is 6.07 Å². The molecule has 1 aromatic heterocycles. The van der Waals surface area contributed by atoms with Gasteiger partial charge < -0.3 is 25.9 Å². The van der Waals surface area contributed by atoms with Gasteiger partial charge in [-0.25, -0.2) is 0 Å². The molecule has 0 unspecified atom stereocenters. The normalized spacial score (nSPS) is 8.79. The standard InChI is InChI=1S/C11H10N2O.BH3O3.ClH/c12-9-2-1-3-10(14)11(9)8-4-6-13-7-5-8;2-1(3)4;/h1-7,14H,12H2;2-4H;1H. The quantitative estimate of drug-likeness (QED) is 0.382. The van der Waals surface area contributed by atoms with Crippen LogP contribution in [0.3, 0.4) is 0 Å². The summed E-state index contributed by atoms with van der Waals surface area (Å²) < 4.78 is 0. The van der Waals surface area contributed by atoms with Gasteiger partial charge in [-0.05, 0) is 29.8 Å². The van der Waals surface area contributed by atoms with Gasteiger partial charge in [0.15, 0.2) is 0 Å². The molecule has 2 rings (SSSR count). The Balaban J connectivity index is 0.000000576. The molecule has 0 fully saturated rings. The first-order chi connectivity index (χ1) is 8.52. The molecular weight excluding hydrogens is 270 g/mol.